The number of aryl methyl sites for hydroxylation is 2. The monoisotopic (exact) mass is 291 g/mol. The summed E-state index contributed by atoms with van der Waals surface area (Å²) in [5, 5.41) is 12.1. The fourth-order valence-electron chi connectivity index (χ4n) is 2.60. The maximum absolute atomic E-state index is 12.3. The highest BCUT2D eigenvalue weighted by molar-refractivity contribution is 5.90. The molecule has 2 heterocycles. The molecule has 6 heteroatoms. The molecule has 1 unspecified atom stereocenters. The Morgan fingerprint density at radius 2 is 2.10 bits per heavy atom. The van der Waals surface area contributed by atoms with Gasteiger partial charge in [0.1, 0.15) is 0 Å². The van der Waals surface area contributed by atoms with E-state index in [4.69, 9.17) is 0 Å². The van der Waals surface area contributed by atoms with Gasteiger partial charge in [-0.05, 0) is 45.7 Å². The van der Waals surface area contributed by atoms with Gasteiger partial charge in [0.2, 0.25) is 0 Å². The highest BCUT2D eigenvalue weighted by Crippen LogP contribution is 2.30. The van der Waals surface area contributed by atoms with Crippen LogP contribution in [0.5, 0.6) is 0 Å². The molecule has 0 saturated carbocycles. The largest absolute Gasteiger partial charge is 0.481 e. The molecule has 2 rings (SSSR count). The van der Waals surface area contributed by atoms with Crippen LogP contribution in [0.25, 0.3) is 0 Å². The first-order chi connectivity index (χ1) is 9.82. The third-order valence-electron chi connectivity index (χ3n) is 3.97. The molecule has 1 aromatic heterocycles. The number of carboxylic acid groups (broad SMARTS) is 1. The smallest absolute Gasteiger partial charge is 0.321 e. The zero-order chi connectivity index (χ0) is 15.6. The van der Waals surface area contributed by atoms with E-state index in [9.17, 15) is 14.7 Å². The van der Waals surface area contributed by atoms with E-state index in [0.717, 1.165) is 11.4 Å². The second kappa shape index (κ2) is 5.71. The van der Waals surface area contributed by atoms with Gasteiger partial charge < -0.3 is 15.3 Å². The van der Waals surface area contributed by atoms with E-state index >= 15 is 0 Å². The number of aromatic nitrogens is 1. The van der Waals surface area contributed by atoms with Crippen molar-refractivity contribution in [1.82, 2.24) is 9.88 Å². The minimum atomic E-state index is -0.865. The van der Waals surface area contributed by atoms with Gasteiger partial charge in [-0.3, -0.25) is 9.78 Å². The standard InChI is InChI=1S/C15H21N3O3/c1-10-5-6-12(11(2)16-10)17-14(21)18-8-4-7-15(3,9-18)13(19)20/h5-6H,4,7-9H2,1-3H3,(H,17,21)(H,19,20). The second-order valence-corrected chi connectivity index (χ2v) is 5.91. The predicted octanol–water partition coefficient (Wildman–Crippen LogP) is 2.42. The Hall–Kier alpha value is -2.11. The van der Waals surface area contributed by atoms with Crippen LogP contribution in [-0.4, -0.2) is 40.1 Å². The first-order valence-corrected chi connectivity index (χ1v) is 7.05. The summed E-state index contributed by atoms with van der Waals surface area (Å²) in [5.74, 6) is -0.854. The second-order valence-electron chi connectivity index (χ2n) is 5.91. The van der Waals surface area contributed by atoms with Crippen LogP contribution in [0.3, 0.4) is 0 Å². The lowest BCUT2D eigenvalue weighted by Crippen LogP contribution is -2.49. The fraction of sp³-hybridized carbons (Fsp3) is 0.533. The number of likely N-dealkylation sites (tertiary alicyclic amines) is 1. The summed E-state index contributed by atoms with van der Waals surface area (Å²) in [6.45, 7) is 6.22. The normalized spacial score (nSPS) is 22.0. The van der Waals surface area contributed by atoms with E-state index in [1.807, 2.05) is 26.0 Å². The number of carboxylic acids is 1. The van der Waals surface area contributed by atoms with Crippen molar-refractivity contribution in [2.75, 3.05) is 18.4 Å². The van der Waals surface area contributed by atoms with Crippen molar-refractivity contribution in [1.29, 1.82) is 0 Å². The van der Waals surface area contributed by atoms with E-state index in [2.05, 4.69) is 10.3 Å². The molecule has 21 heavy (non-hydrogen) atoms. The number of hydrogen-bond donors (Lipinski definition) is 2. The molecule has 1 aliphatic heterocycles. The summed E-state index contributed by atoms with van der Waals surface area (Å²) in [4.78, 5) is 29.5. The van der Waals surface area contributed by atoms with Crippen LogP contribution in [0, 0.1) is 19.3 Å². The molecule has 0 radical (unpaired) electrons. The van der Waals surface area contributed by atoms with E-state index < -0.39 is 11.4 Å². The molecule has 2 amide bonds. The minimum Gasteiger partial charge on any atom is -0.481 e. The van der Waals surface area contributed by atoms with Crippen LogP contribution in [-0.2, 0) is 4.79 Å². The van der Waals surface area contributed by atoms with Crippen molar-refractivity contribution < 1.29 is 14.7 Å². The number of amides is 2. The SMILES string of the molecule is Cc1ccc(NC(=O)N2CCCC(C)(C(=O)O)C2)c(C)n1. The molecule has 1 aromatic rings. The van der Waals surface area contributed by atoms with Gasteiger partial charge in [-0.2, -0.15) is 0 Å². The van der Waals surface area contributed by atoms with Crippen molar-refractivity contribution in [3.8, 4) is 0 Å². The van der Waals surface area contributed by atoms with Gasteiger partial charge in [-0.15, -0.1) is 0 Å². The number of nitrogens with one attached hydrogen (secondary N) is 1. The van der Waals surface area contributed by atoms with Gasteiger partial charge in [-0.25, -0.2) is 4.79 Å². The quantitative estimate of drug-likeness (QED) is 0.876. The van der Waals surface area contributed by atoms with Gasteiger partial charge in [-0.1, -0.05) is 0 Å². The molecular formula is C15H21N3O3. The van der Waals surface area contributed by atoms with Crippen LogP contribution in [0.4, 0.5) is 10.5 Å². The molecule has 1 aliphatic rings. The molecule has 0 aliphatic carbocycles. The van der Waals surface area contributed by atoms with Crippen LogP contribution in [0.1, 0.15) is 31.2 Å². The fourth-order valence-corrected chi connectivity index (χ4v) is 2.60. The number of nitrogens with zero attached hydrogens (tertiary/aromatic N) is 2. The molecule has 0 aromatic carbocycles. The molecule has 6 nitrogen and oxygen atoms in total. The number of hydrogen-bond acceptors (Lipinski definition) is 3. The summed E-state index contributed by atoms with van der Waals surface area (Å²) in [6, 6.07) is 3.38. The van der Waals surface area contributed by atoms with Crippen LogP contribution >= 0.6 is 0 Å². The number of pyridine rings is 1. The number of aliphatic carboxylic acids is 1. The van der Waals surface area contributed by atoms with E-state index in [0.29, 0.717) is 25.1 Å². The highest BCUT2D eigenvalue weighted by Gasteiger charge is 2.39. The Bertz CT molecular complexity index is 573. The molecule has 114 valence electrons. The lowest BCUT2D eigenvalue weighted by molar-refractivity contribution is -0.150. The first-order valence-electron chi connectivity index (χ1n) is 7.05. The summed E-state index contributed by atoms with van der Waals surface area (Å²) in [5.41, 5.74) is 1.44. The number of carbonyl (C=O) groups is 2. The Balaban J connectivity index is 2.08. The van der Waals surface area contributed by atoms with Crippen molar-refractivity contribution in [2.45, 2.75) is 33.6 Å². The van der Waals surface area contributed by atoms with Crippen molar-refractivity contribution >= 4 is 17.7 Å². The van der Waals surface area contributed by atoms with Gasteiger partial charge in [0, 0.05) is 18.8 Å². The average molecular weight is 291 g/mol. The minimum absolute atomic E-state index is 0.229. The van der Waals surface area contributed by atoms with Gasteiger partial charge in [0.25, 0.3) is 0 Å². The summed E-state index contributed by atoms with van der Waals surface area (Å²) < 4.78 is 0. The molecule has 1 saturated heterocycles. The van der Waals surface area contributed by atoms with Crippen LogP contribution in [0.15, 0.2) is 12.1 Å². The van der Waals surface area contributed by atoms with Gasteiger partial charge in [0.15, 0.2) is 0 Å². The Kier molecular flexibility index (Phi) is 4.16. The summed E-state index contributed by atoms with van der Waals surface area (Å²) in [7, 11) is 0. The Morgan fingerprint density at radius 1 is 1.38 bits per heavy atom. The maximum atomic E-state index is 12.3. The third kappa shape index (κ3) is 3.32. The van der Waals surface area contributed by atoms with Crippen molar-refractivity contribution in [2.24, 2.45) is 5.41 Å². The Morgan fingerprint density at radius 3 is 2.71 bits per heavy atom. The first kappa shape index (κ1) is 15.3. The Labute approximate surface area is 124 Å². The number of carbonyl (C=O) groups excluding carboxylic acids is 1. The van der Waals surface area contributed by atoms with E-state index in [-0.39, 0.29) is 12.6 Å². The lowest BCUT2D eigenvalue weighted by atomic mass is 9.82. The number of rotatable bonds is 2. The third-order valence-corrected chi connectivity index (χ3v) is 3.97. The van der Waals surface area contributed by atoms with E-state index in [1.165, 1.54) is 0 Å². The topological polar surface area (TPSA) is 82.5 Å². The number of anilines is 1. The molecule has 1 atom stereocenters. The zero-order valence-electron chi connectivity index (χ0n) is 12.6. The zero-order valence-corrected chi connectivity index (χ0v) is 12.6. The molecule has 2 N–H and O–H groups in total. The van der Waals surface area contributed by atoms with Crippen molar-refractivity contribution in [3.05, 3.63) is 23.5 Å². The number of urea groups is 1. The summed E-state index contributed by atoms with van der Waals surface area (Å²) in [6.07, 6.45) is 1.29. The van der Waals surface area contributed by atoms with Crippen LogP contribution in [0.2, 0.25) is 0 Å². The molecular weight excluding hydrogens is 270 g/mol. The summed E-state index contributed by atoms with van der Waals surface area (Å²) >= 11 is 0. The van der Waals surface area contributed by atoms with Crippen molar-refractivity contribution in [3.63, 3.8) is 0 Å². The van der Waals surface area contributed by atoms with Gasteiger partial charge >= 0.3 is 12.0 Å². The molecule has 0 spiro atoms. The lowest BCUT2D eigenvalue weighted by Gasteiger charge is -2.37. The highest BCUT2D eigenvalue weighted by atomic mass is 16.4. The maximum Gasteiger partial charge on any atom is 0.321 e. The average Bonchev–Trinajstić information content (AvgIpc) is 2.41. The predicted molar refractivity (Wildman–Crippen MR) is 79.3 cm³/mol. The molecule has 0 bridgehead atoms. The van der Waals surface area contributed by atoms with Crippen LogP contribution < -0.4 is 5.32 Å². The number of piperidine rings is 1. The molecule has 1 fully saturated rings. The van der Waals surface area contributed by atoms with Gasteiger partial charge in [0.05, 0.1) is 16.8 Å². The van der Waals surface area contributed by atoms with E-state index in [1.54, 1.807) is 11.8 Å².